The fourth-order valence-electron chi connectivity index (χ4n) is 4.54. The number of alkyl halides is 3. The van der Waals surface area contributed by atoms with Gasteiger partial charge in [0.25, 0.3) is 5.91 Å². The smallest absolute Gasteiger partial charge is 0.416 e. The molecule has 0 aliphatic rings. The lowest BCUT2D eigenvalue weighted by Gasteiger charge is -2.19. The van der Waals surface area contributed by atoms with Crippen LogP contribution in [-0.2, 0) is 17.3 Å². The summed E-state index contributed by atoms with van der Waals surface area (Å²) in [6, 6.07) is 17.9. The van der Waals surface area contributed by atoms with E-state index in [1.54, 1.807) is 54.6 Å². The number of nitrogens with zero attached hydrogens (tertiary/aromatic N) is 4. The Morgan fingerprint density at radius 2 is 1.79 bits per heavy atom. The third kappa shape index (κ3) is 6.69. The molecular formula is C31H26F3N5O3. The first-order valence-electron chi connectivity index (χ1n) is 13.1. The molecule has 2 heterocycles. The summed E-state index contributed by atoms with van der Waals surface area (Å²) in [5, 5.41) is 21.1. The molecule has 8 nitrogen and oxygen atoms in total. The van der Waals surface area contributed by atoms with Crippen LogP contribution in [0.15, 0.2) is 85.2 Å². The Morgan fingerprint density at radius 3 is 2.50 bits per heavy atom. The minimum absolute atomic E-state index is 0.101. The number of amides is 1. The fourth-order valence-corrected chi connectivity index (χ4v) is 4.54. The van der Waals surface area contributed by atoms with Crippen molar-refractivity contribution in [1.29, 1.82) is 0 Å². The van der Waals surface area contributed by atoms with Crippen LogP contribution in [0, 0.1) is 0 Å². The molecule has 11 heteroatoms. The zero-order valence-corrected chi connectivity index (χ0v) is 22.5. The number of ether oxygens (including phenoxy) is 1. The lowest BCUT2D eigenvalue weighted by atomic mass is 9.98. The van der Waals surface area contributed by atoms with Crippen molar-refractivity contribution in [2.24, 2.45) is 0 Å². The van der Waals surface area contributed by atoms with Gasteiger partial charge in [-0.05, 0) is 72.5 Å². The molecule has 0 saturated carbocycles. The van der Waals surface area contributed by atoms with E-state index in [9.17, 15) is 23.1 Å². The number of carbonyl (C=O) groups is 1. The Kier molecular flexibility index (Phi) is 8.39. The number of fused-ring (bicyclic) bond motifs is 1. The van der Waals surface area contributed by atoms with E-state index in [1.807, 2.05) is 6.92 Å². The summed E-state index contributed by atoms with van der Waals surface area (Å²) in [5.74, 6) is -0.0755. The van der Waals surface area contributed by atoms with Gasteiger partial charge in [0.05, 0.1) is 29.9 Å². The molecule has 5 rings (SSSR count). The van der Waals surface area contributed by atoms with Crippen molar-refractivity contribution in [2.75, 3.05) is 13.2 Å². The number of phenols is 1. The highest BCUT2D eigenvalue weighted by molar-refractivity contribution is 6.01. The number of rotatable bonds is 9. The zero-order valence-electron chi connectivity index (χ0n) is 22.5. The Hall–Kier alpha value is -4.90. The van der Waals surface area contributed by atoms with E-state index < -0.39 is 17.6 Å². The van der Waals surface area contributed by atoms with Crippen LogP contribution in [0.4, 0.5) is 13.2 Å². The van der Waals surface area contributed by atoms with Gasteiger partial charge >= 0.3 is 6.18 Å². The van der Waals surface area contributed by atoms with Gasteiger partial charge in [0.2, 0.25) is 0 Å². The highest BCUT2D eigenvalue weighted by atomic mass is 19.4. The first kappa shape index (κ1) is 28.6. The van der Waals surface area contributed by atoms with Gasteiger partial charge < -0.3 is 15.2 Å². The molecule has 214 valence electrons. The van der Waals surface area contributed by atoms with Crippen LogP contribution in [0.5, 0.6) is 5.75 Å². The van der Waals surface area contributed by atoms with Crippen molar-refractivity contribution in [2.45, 2.75) is 25.6 Å². The van der Waals surface area contributed by atoms with Gasteiger partial charge in [0.15, 0.2) is 5.82 Å². The third-order valence-corrected chi connectivity index (χ3v) is 6.56. The highest BCUT2D eigenvalue weighted by Gasteiger charge is 2.30. The molecule has 0 aliphatic heterocycles. The number of hydrogen-bond donors (Lipinski definition) is 2. The molecule has 1 atom stereocenters. The topological polar surface area (TPSA) is 110 Å². The van der Waals surface area contributed by atoms with E-state index in [2.05, 4.69) is 25.5 Å². The molecule has 0 fully saturated rings. The van der Waals surface area contributed by atoms with E-state index in [0.29, 0.717) is 40.6 Å². The molecule has 0 unspecified atom stereocenters. The Bertz CT molecular complexity index is 1700. The number of aromatic nitrogens is 4. The second-order valence-electron chi connectivity index (χ2n) is 9.53. The van der Waals surface area contributed by atoms with Gasteiger partial charge in [-0.1, -0.05) is 30.3 Å². The first-order valence-corrected chi connectivity index (χ1v) is 13.1. The van der Waals surface area contributed by atoms with Crippen LogP contribution < -0.4 is 5.32 Å². The van der Waals surface area contributed by atoms with Crippen LogP contribution >= 0.6 is 0 Å². The Morgan fingerprint density at radius 1 is 1.00 bits per heavy atom. The van der Waals surface area contributed by atoms with Crippen molar-refractivity contribution < 1.29 is 27.8 Å². The normalized spacial score (nSPS) is 12.3. The largest absolute Gasteiger partial charge is 0.508 e. The molecule has 0 aliphatic carbocycles. The minimum atomic E-state index is -4.48. The van der Waals surface area contributed by atoms with Crippen LogP contribution in [0.2, 0.25) is 0 Å². The van der Waals surface area contributed by atoms with E-state index in [1.165, 1.54) is 18.5 Å². The second-order valence-corrected chi connectivity index (χ2v) is 9.53. The third-order valence-electron chi connectivity index (χ3n) is 6.56. The predicted molar refractivity (Wildman–Crippen MR) is 151 cm³/mol. The van der Waals surface area contributed by atoms with Gasteiger partial charge in [-0.25, -0.2) is 9.97 Å². The number of carbonyl (C=O) groups excluding carboxylic acids is 1. The average molecular weight is 574 g/mol. The summed E-state index contributed by atoms with van der Waals surface area (Å²) in [6.07, 6.45) is -1.15. The monoisotopic (exact) mass is 573 g/mol. The summed E-state index contributed by atoms with van der Waals surface area (Å²) in [4.78, 5) is 22.3. The molecule has 0 spiro atoms. The SMILES string of the molecule is CCOC[C@H](Cc1ccc(O)cc1)NC(=O)c1cc(-c2nccnn2)c2cc(-c3cccc(C(F)(F)F)c3)ccc2n1. The van der Waals surface area contributed by atoms with Gasteiger partial charge in [0.1, 0.15) is 11.4 Å². The summed E-state index contributed by atoms with van der Waals surface area (Å²) < 4.78 is 45.6. The lowest BCUT2D eigenvalue weighted by Crippen LogP contribution is -2.40. The molecule has 0 bridgehead atoms. The standard InChI is InChI=1S/C31H26F3N5O3/c1-2-42-18-23(14-19-6-9-24(40)10-7-19)37-30(41)28-17-26(29-35-12-13-36-39-29)25-16-21(8-11-27(25)38-28)20-4-3-5-22(15-20)31(32,33)34/h3-13,15-17,23,40H,2,14,18H2,1H3,(H,37,41)/t23-/m0/s1. The molecule has 2 N–H and O–H groups in total. The van der Waals surface area contributed by atoms with E-state index in [-0.39, 0.29) is 29.9 Å². The van der Waals surface area contributed by atoms with Crippen LogP contribution in [0.1, 0.15) is 28.5 Å². The average Bonchev–Trinajstić information content (AvgIpc) is 3.00. The van der Waals surface area contributed by atoms with Crippen molar-refractivity contribution in [3.05, 3.63) is 102 Å². The summed E-state index contributed by atoms with van der Waals surface area (Å²) in [7, 11) is 0. The molecule has 2 aromatic heterocycles. The summed E-state index contributed by atoms with van der Waals surface area (Å²) in [5.41, 5.74) is 2.03. The number of halogens is 3. The molecule has 1 amide bonds. The molecule has 0 radical (unpaired) electrons. The van der Waals surface area contributed by atoms with Crippen LogP contribution in [-0.4, -0.2) is 50.4 Å². The number of pyridine rings is 1. The Balaban J connectivity index is 1.52. The number of benzene rings is 3. The molecular weight excluding hydrogens is 547 g/mol. The number of nitrogens with one attached hydrogen (secondary N) is 1. The van der Waals surface area contributed by atoms with E-state index >= 15 is 0 Å². The van der Waals surface area contributed by atoms with Crippen molar-refractivity contribution in [3.63, 3.8) is 0 Å². The maximum atomic E-state index is 13.5. The number of hydrogen-bond acceptors (Lipinski definition) is 7. The quantitative estimate of drug-likeness (QED) is 0.227. The number of phenolic OH excluding ortho intramolecular Hbond substituents is 1. The van der Waals surface area contributed by atoms with Gasteiger partial charge in [-0.15, -0.1) is 5.10 Å². The molecule has 5 aromatic rings. The summed E-state index contributed by atoms with van der Waals surface area (Å²) >= 11 is 0. The van der Waals surface area contributed by atoms with Gasteiger partial charge in [-0.3, -0.25) is 4.79 Å². The van der Waals surface area contributed by atoms with Crippen molar-refractivity contribution in [1.82, 2.24) is 25.5 Å². The first-order chi connectivity index (χ1) is 20.2. The van der Waals surface area contributed by atoms with Crippen LogP contribution in [0.3, 0.4) is 0 Å². The van der Waals surface area contributed by atoms with Gasteiger partial charge in [0, 0.05) is 23.8 Å². The van der Waals surface area contributed by atoms with Crippen LogP contribution in [0.25, 0.3) is 33.4 Å². The lowest BCUT2D eigenvalue weighted by molar-refractivity contribution is -0.137. The predicted octanol–water partition coefficient (Wildman–Crippen LogP) is 5.86. The van der Waals surface area contributed by atoms with Crippen molar-refractivity contribution in [3.8, 4) is 28.3 Å². The fraction of sp³-hybridized carbons (Fsp3) is 0.194. The Labute approximate surface area is 239 Å². The van der Waals surface area contributed by atoms with Gasteiger partial charge in [-0.2, -0.15) is 18.3 Å². The molecule has 42 heavy (non-hydrogen) atoms. The molecule has 3 aromatic carbocycles. The van der Waals surface area contributed by atoms with E-state index in [4.69, 9.17) is 4.74 Å². The minimum Gasteiger partial charge on any atom is -0.508 e. The second kappa shape index (κ2) is 12.3. The van der Waals surface area contributed by atoms with E-state index in [0.717, 1.165) is 17.7 Å². The maximum Gasteiger partial charge on any atom is 0.416 e. The zero-order chi connectivity index (χ0) is 29.7. The number of aromatic hydroxyl groups is 1. The molecule has 0 saturated heterocycles. The highest BCUT2D eigenvalue weighted by Crippen LogP contribution is 2.34. The maximum absolute atomic E-state index is 13.5. The summed E-state index contributed by atoms with van der Waals surface area (Å²) in [6.45, 7) is 2.58. The van der Waals surface area contributed by atoms with Crippen molar-refractivity contribution >= 4 is 16.8 Å².